The Morgan fingerprint density at radius 2 is 2.12 bits per heavy atom. The third kappa shape index (κ3) is 3.55. The molecule has 1 unspecified atom stereocenters. The zero-order valence-electron chi connectivity index (χ0n) is 13.7. The van der Waals surface area contributed by atoms with Crippen LogP contribution >= 0.6 is 0 Å². The Balaban J connectivity index is 1.70. The number of nitrogens with one attached hydrogen (secondary N) is 1. The summed E-state index contributed by atoms with van der Waals surface area (Å²) in [6.07, 6.45) is 1.61. The van der Waals surface area contributed by atoms with Gasteiger partial charge in [-0.2, -0.15) is 5.26 Å². The van der Waals surface area contributed by atoms with Crippen molar-refractivity contribution in [3.63, 3.8) is 0 Å². The van der Waals surface area contributed by atoms with Crippen LogP contribution < -0.4 is 14.8 Å². The first-order chi connectivity index (χ1) is 12.0. The van der Waals surface area contributed by atoms with E-state index in [2.05, 4.69) is 5.32 Å². The summed E-state index contributed by atoms with van der Waals surface area (Å²) in [4.78, 5) is 37.3. The number of nitriles is 1. The molecule has 3 rings (SSSR count). The largest absolute Gasteiger partial charge is 0.493 e. The van der Waals surface area contributed by atoms with Crippen LogP contribution in [0.5, 0.6) is 11.5 Å². The minimum Gasteiger partial charge on any atom is -0.493 e. The van der Waals surface area contributed by atoms with Crippen molar-refractivity contribution < 1.29 is 23.9 Å². The molecule has 0 aromatic heterocycles. The molecule has 1 aromatic rings. The molecule has 1 aromatic carbocycles. The molecular weight excluding hydrogens is 326 g/mol. The third-order valence-corrected chi connectivity index (χ3v) is 4.15. The van der Waals surface area contributed by atoms with E-state index >= 15 is 0 Å². The van der Waals surface area contributed by atoms with E-state index in [0.717, 1.165) is 12.8 Å². The van der Waals surface area contributed by atoms with Crippen molar-refractivity contribution in [3.8, 4) is 17.6 Å². The Bertz CT molecular complexity index is 766. The molecule has 8 nitrogen and oxygen atoms in total. The van der Waals surface area contributed by atoms with Gasteiger partial charge in [-0.1, -0.05) is 0 Å². The Morgan fingerprint density at radius 1 is 1.36 bits per heavy atom. The number of rotatable bonds is 6. The Hall–Kier alpha value is -3.08. The predicted molar refractivity (Wildman–Crippen MR) is 84.6 cm³/mol. The average Bonchev–Trinajstić information content (AvgIpc) is 3.38. The van der Waals surface area contributed by atoms with Crippen LogP contribution in [0.1, 0.15) is 24.8 Å². The first-order valence-corrected chi connectivity index (χ1v) is 7.89. The molecule has 2 aliphatic rings. The van der Waals surface area contributed by atoms with E-state index in [-0.39, 0.29) is 30.9 Å². The van der Waals surface area contributed by atoms with Gasteiger partial charge in [0, 0.05) is 12.1 Å². The van der Waals surface area contributed by atoms with E-state index in [1.165, 1.54) is 18.1 Å². The van der Waals surface area contributed by atoms with Crippen molar-refractivity contribution in [1.82, 2.24) is 10.2 Å². The van der Waals surface area contributed by atoms with Gasteiger partial charge in [0.1, 0.15) is 6.04 Å². The summed E-state index contributed by atoms with van der Waals surface area (Å²) in [5, 5.41) is 11.1. The highest BCUT2D eigenvalue weighted by Gasteiger charge is 2.44. The van der Waals surface area contributed by atoms with Crippen molar-refractivity contribution in [2.24, 2.45) is 0 Å². The zero-order valence-corrected chi connectivity index (χ0v) is 13.7. The molecule has 0 spiro atoms. The maximum Gasteiger partial charge on any atom is 0.261 e. The molecule has 2 fully saturated rings. The van der Waals surface area contributed by atoms with E-state index in [0.29, 0.717) is 17.1 Å². The van der Waals surface area contributed by atoms with Gasteiger partial charge in [-0.05, 0) is 25.0 Å². The average molecular weight is 343 g/mol. The maximum atomic E-state index is 12.6. The molecule has 1 aliphatic heterocycles. The fourth-order valence-electron chi connectivity index (χ4n) is 2.82. The predicted octanol–water partition coefficient (Wildman–Crippen LogP) is 0.352. The minimum atomic E-state index is -0.765. The smallest absolute Gasteiger partial charge is 0.261 e. The van der Waals surface area contributed by atoms with Gasteiger partial charge in [-0.3, -0.25) is 19.7 Å². The van der Waals surface area contributed by atoms with E-state index in [4.69, 9.17) is 14.7 Å². The van der Waals surface area contributed by atoms with Crippen LogP contribution in [0.3, 0.4) is 0 Å². The lowest BCUT2D eigenvalue weighted by Crippen LogP contribution is -2.47. The number of ether oxygens (including phenoxy) is 2. The summed E-state index contributed by atoms with van der Waals surface area (Å²) < 4.78 is 10.7. The number of hydrogen-bond donors (Lipinski definition) is 1. The number of methoxy groups -OCH3 is 1. The topological polar surface area (TPSA) is 109 Å². The van der Waals surface area contributed by atoms with Crippen LogP contribution in [-0.2, 0) is 14.4 Å². The van der Waals surface area contributed by atoms with E-state index in [1.54, 1.807) is 12.1 Å². The van der Waals surface area contributed by atoms with Crippen molar-refractivity contribution in [2.75, 3.05) is 13.7 Å². The van der Waals surface area contributed by atoms with Crippen molar-refractivity contribution in [1.29, 1.82) is 5.26 Å². The summed E-state index contributed by atoms with van der Waals surface area (Å²) in [5.74, 6) is -0.496. The second kappa shape index (κ2) is 6.81. The highest BCUT2D eigenvalue weighted by molar-refractivity contribution is 6.07. The maximum absolute atomic E-state index is 12.6. The molecule has 8 heteroatoms. The molecular formula is C17H17N3O5. The summed E-state index contributed by atoms with van der Waals surface area (Å²) >= 11 is 0. The van der Waals surface area contributed by atoms with Gasteiger partial charge in [-0.25, -0.2) is 0 Å². The quantitative estimate of drug-likeness (QED) is 0.747. The van der Waals surface area contributed by atoms with E-state index in [9.17, 15) is 14.4 Å². The van der Waals surface area contributed by atoms with Crippen molar-refractivity contribution in [2.45, 2.75) is 31.3 Å². The summed E-state index contributed by atoms with van der Waals surface area (Å²) in [6, 6.07) is 5.83. The van der Waals surface area contributed by atoms with Gasteiger partial charge >= 0.3 is 0 Å². The Morgan fingerprint density at radius 3 is 2.68 bits per heavy atom. The van der Waals surface area contributed by atoms with Crippen LogP contribution in [0.25, 0.3) is 0 Å². The van der Waals surface area contributed by atoms with Crippen molar-refractivity contribution >= 4 is 17.7 Å². The normalized spacial score (nSPS) is 19.1. The van der Waals surface area contributed by atoms with Crippen LogP contribution in [-0.4, -0.2) is 48.4 Å². The number of imide groups is 1. The number of benzene rings is 1. The lowest BCUT2D eigenvalue weighted by atomic mass is 10.2. The molecule has 1 saturated carbocycles. The molecule has 1 aliphatic carbocycles. The van der Waals surface area contributed by atoms with Gasteiger partial charge in [0.05, 0.1) is 25.2 Å². The zero-order chi connectivity index (χ0) is 18.0. The molecule has 25 heavy (non-hydrogen) atoms. The van der Waals surface area contributed by atoms with Crippen LogP contribution in [0, 0.1) is 11.3 Å². The molecule has 1 N–H and O–H groups in total. The lowest BCUT2D eigenvalue weighted by molar-refractivity contribution is -0.141. The number of amides is 3. The summed E-state index contributed by atoms with van der Waals surface area (Å²) in [7, 11) is 1.44. The first kappa shape index (κ1) is 16.8. The molecule has 0 bridgehead atoms. The molecule has 1 atom stereocenters. The highest BCUT2D eigenvalue weighted by Crippen LogP contribution is 2.32. The van der Waals surface area contributed by atoms with Crippen LogP contribution in [0.4, 0.5) is 0 Å². The molecule has 3 amide bonds. The van der Waals surface area contributed by atoms with Gasteiger partial charge in [0.2, 0.25) is 11.8 Å². The minimum absolute atomic E-state index is 0.0126. The van der Waals surface area contributed by atoms with Gasteiger partial charge in [-0.15, -0.1) is 0 Å². The number of hydrogen-bond acceptors (Lipinski definition) is 6. The first-order valence-electron chi connectivity index (χ1n) is 7.89. The summed E-state index contributed by atoms with van der Waals surface area (Å²) in [5.41, 5.74) is 0.413. The van der Waals surface area contributed by atoms with Gasteiger partial charge in [0.25, 0.3) is 5.91 Å². The second-order valence-electron chi connectivity index (χ2n) is 5.93. The van der Waals surface area contributed by atoms with Crippen LogP contribution in [0.15, 0.2) is 18.2 Å². The van der Waals surface area contributed by atoms with Gasteiger partial charge < -0.3 is 14.4 Å². The molecule has 0 radical (unpaired) electrons. The Labute approximate surface area is 144 Å². The fraction of sp³-hybridized carbons (Fsp3) is 0.412. The van der Waals surface area contributed by atoms with E-state index < -0.39 is 11.9 Å². The standard InChI is InChI=1S/C17H17N3O5/c1-24-14-6-10(8-18)2-5-13(14)25-9-16(22)20(11-3-4-11)12-7-15(21)19-17(12)23/h2,5-6,11-12H,3-4,7,9H2,1H3,(H,19,21,23). The lowest BCUT2D eigenvalue weighted by Gasteiger charge is -2.26. The van der Waals surface area contributed by atoms with Crippen molar-refractivity contribution in [3.05, 3.63) is 23.8 Å². The number of nitrogens with zero attached hydrogens (tertiary/aromatic N) is 2. The molecule has 1 saturated heterocycles. The Kier molecular flexibility index (Phi) is 4.57. The number of carbonyl (C=O) groups excluding carboxylic acids is 3. The second-order valence-corrected chi connectivity index (χ2v) is 5.93. The SMILES string of the molecule is COc1cc(C#N)ccc1OCC(=O)N(C1CC1)C1CC(=O)NC1=O. The monoisotopic (exact) mass is 343 g/mol. The van der Waals surface area contributed by atoms with Gasteiger partial charge in [0.15, 0.2) is 18.1 Å². The van der Waals surface area contributed by atoms with E-state index in [1.807, 2.05) is 6.07 Å². The van der Waals surface area contributed by atoms with Crippen LogP contribution in [0.2, 0.25) is 0 Å². The highest BCUT2D eigenvalue weighted by atomic mass is 16.5. The summed E-state index contributed by atoms with van der Waals surface area (Å²) in [6.45, 7) is -0.281. The molecule has 130 valence electrons. The number of carbonyl (C=O) groups is 3. The third-order valence-electron chi connectivity index (χ3n) is 4.15. The fourth-order valence-corrected chi connectivity index (χ4v) is 2.82. The molecule has 1 heterocycles.